The van der Waals surface area contributed by atoms with E-state index in [0.29, 0.717) is 13.0 Å². The average molecular weight is 333 g/mol. The van der Waals surface area contributed by atoms with Gasteiger partial charge in [-0.15, -0.1) is 0 Å². The molecule has 0 spiro atoms. The number of ketones is 1. The molecule has 2 nitrogen and oxygen atoms in total. The van der Waals surface area contributed by atoms with Crippen LogP contribution in [0.4, 0.5) is 0 Å². The number of benzene rings is 2. The molecule has 2 aromatic carbocycles. The van der Waals surface area contributed by atoms with Crippen LogP contribution in [0.1, 0.15) is 65.2 Å². The summed E-state index contributed by atoms with van der Waals surface area (Å²) in [5.41, 5.74) is 13.0. The lowest BCUT2D eigenvalue weighted by atomic mass is 9.91. The topological polar surface area (TPSA) is 43.1 Å². The van der Waals surface area contributed by atoms with Crippen LogP contribution < -0.4 is 5.73 Å². The van der Waals surface area contributed by atoms with E-state index < -0.39 is 0 Å². The molecule has 3 rings (SSSR count). The third-order valence-electron chi connectivity index (χ3n) is 4.93. The Morgan fingerprint density at radius 1 is 1.08 bits per heavy atom. The van der Waals surface area contributed by atoms with Gasteiger partial charge in [-0.2, -0.15) is 0 Å². The second kappa shape index (κ2) is 8.26. The molecular formula is C23H27NO. The third kappa shape index (κ3) is 3.91. The summed E-state index contributed by atoms with van der Waals surface area (Å²) in [5, 5.41) is 0. The van der Waals surface area contributed by atoms with Gasteiger partial charge in [-0.1, -0.05) is 55.8 Å². The average Bonchev–Trinajstić information content (AvgIpc) is 2.80. The Labute approximate surface area is 150 Å². The maximum absolute atomic E-state index is 12.4. The number of hydrogen-bond acceptors (Lipinski definition) is 2. The smallest absolute Gasteiger partial charge is 0.162 e. The molecule has 0 radical (unpaired) electrons. The molecule has 2 aromatic rings. The predicted molar refractivity (Wildman–Crippen MR) is 105 cm³/mol. The van der Waals surface area contributed by atoms with Crippen LogP contribution in [-0.2, 0) is 12.8 Å². The van der Waals surface area contributed by atoms with Crippen molar-refractivity contribution >= 4 is 11.4 Å². The zero-order valence-corrected chi connectivity index (χ0v) is 15.1. The Kier molecular flexibility index (Phi) is 5.83. The lowest BCUT2D eigenvalue weighted by molar-refractivity contribution is 0.0980. The van der Waals surface area contributed by atoms with E-state index in [4.69, 9.17) is 5.73 Å². The first-order valence-corrected chi connectivity index (χ1v) is 9.39. The van der Waals surface area contributed by atoms with Crippen molar-refractivity contribution in [2.45, 2.75) is 45.4 Å². The van der Waals surface area contributed by atoms with Gasteiger partial charge in [0, 0.05) is 12.0 Å². The minimum Gasteiger partial charge on any atom is -0.330 e. The molecule has 2 heteroatoms. The number of carbonyl (C=O) groups is 1. The zero-order chi connectivity index (χ0) is 17.6. The SMILES string of the molecule is CCC/C=C1\c2ccccc2CCc2cc(C(=O)CCCN)ccc21. The highest BCUT2D eigenvalue weighted by Gasteiger charge is 2.19. The van der Waals surface area contributed by atoms with Crippen LogP contribution >= 0.6 is 0 Å². The van der Waals surface area contributed by atoms with Gasteiger partial charge in [0.15, 0.2) is 5.78 Å². The molecule has 0 aliphatic heterocycles. The van der Waals surface area contributed by atoms with E-state index in [1.54, 1.807) is 0 Å². The number of allylic oxidation sites excluding steroid dienone is 1. The summed E-state index contributed by atoms with van der Waals surface area (Å²) in [6, 6.07) is 14.9. The van der Waals surface area contributed by atoms with Gasteiger partial charge >= 0.3 is 0 Å². The van der Waals surface area contributed by atoms with Crippen LogP contribution in [0.2, 0.25) is 0 Å². The number of nitrogens with two attached hydrogens (primary N) is 1. The van der Waals surface area contributed by atoms with E-state index in [1.807, 2.05) is 6.07 Å². The first kappa shape index (κ1) is 17.6. The summed E-state index contributed by atoms with van der Waals surface area (Å²) in [6.45, 7) is 2.77. The van der Waals surface area contributed by atoms with Crippen LogP contribution in [0, 0.1) is 0 Å². The van der Waals surface area contributed by atoms with Gasteiger partial charge in [-0.3, -0.25) is 4.79 Å². The molecule has 0 bridgehead atoms. The number of rotatable bonds is 6. The van der Waals surface area contributed by atoms with Crippen molar-refractivity contribution in [1.29, 1.82) is 0 Å². The van der Waals surface area contributed by atoms with E-state index in [0.717, 1.165) is 37.7 Å². The molecule has 0 saturated heterocycles. The van der Waals surface area contributed by atoms with E-state index in [2.05, 4.69) is 49.4 Å². The summed E-state index contributed by atoms with van der Waals surface area (Å²) in [5.74, 6) is 0.203. The molecule has 0 heterocycles. The quantitative estimate of drug-likeness (QED) is 0.761. The monoisotopic (exact) mass is 333 g/mol. The van der Waals surface area contributed by atoms with Crippen LogP contribution in [0.15, 0.2) is 48.5 Å². The van der Waals surface area contributed by atoms with E-state index in [1.165, 1.54) is 27.8 Å². The maximum Gasteiger partial charge on any atom is 0.162 e. The first-order chi connectivity index (χ1) is 12.2. The molecule has 2 N–H and O–H groups in total. The number of unbranched alkanes of at least 4 members (excludes halogenated alkanes) is 1. The lowest BCUT2D eigenvalue weighted by Crippen LogP contribution is -2.06. The summed E-state index contributed by atoms with van der Waals surface area (Å²) < 4.78 is 0. The van der Waals surface area contributed by atoms with Gasteiger partial charge in [0.05, 0.1) is 0 Å². The highest BCUT2D eigenvalue weighted by atomic mass is 16.1. The number of hydrogen-bond donors (Lipinski definition) is 1. The van der Waals surface area contributed by atoms with Crippen molar-refractivity contribution in [2.75, 3.05) is 6.54 Å². The Bertz CT molecular complexity index is 788. The molecule has 1 aliphatic rings. The maximum atomic E-state index is 12.4. The molecule has 0 atom stereocenters. The van der Waals surface area contributed by atoms with Gasteiger partial charge in [0.1, 0.15) is 0 Å². The largest absolute Gasteiger partial charge is 0.330 e. The minimum absolute atomic E-state index is 0.203. The molecule has 25 heavy (non-hydrogen) atoms. The van der Waals surface area contributed by atoms with Gasteiger partial charge in [-0.25, -0.2) is 0 Å². The Hall–Kier alpha value is -2.19. The fourth-order valence-electron chi connectivity index (χ4n) is 3.57. The number of Topliss-reactive ketones (excluding diaryl/α,β-unsaturated/α-hetero) is 1. The zero-order valence-electron chi connectivity index (χ0n) is 15.1. The molecule has 0 saturated carbocycles. The van der Waals surface area contributed by atoms with Crippen molar-refractivity contribution in [1.82, 2.24) is 0 Å². The Morgan fingerprint density at radius 3 is 2.64 bits per heavy atom. The summed E-state index contributed by atoms with van der Waals surface area (Å²) in [4.78, 5) is 12.4. The van der Waals surface area contributed by atoms with E-state index >= 15 is 0 Å². The second-order valence-corrected chi connectivity index (χ2v) is 6.75. The number of carbonyl (C=O) groups excluding carboxylic acids is 1. The number of fused-ring (bicyclic) bond motifs is 2. The van der Waals surface area contributed by atoms with Crippen molar-refractivity contribution in [3.8, 4) is 0 Å². The van der Waals surface area contributed by atoms with E-state index in [9.17, 15) is 4.79 Å². The van der Waals surface area contributed by atoms with Crippen LogP contribution in [0.3, 0.4) is 0 Å². The molecule has 0 aromatic heterocycles. The van der Waals surface area contributed by atoms with E-state index in [-0.39, 0.29) is 5.78 Å². The molecule has 0 amide bonds. The second-order valence-electron chi connectivity index (χ2n) is 6.75. The van der Waals surface area contributed by atoms with Crippen LogP contribution in [-0.4, -0.2) is 12.3 Å². The summed E-state index contributed by atoms with van der Waals surface area (Å²) in [6.07, 6.45) is 7.85. The van der Waals surface area contributed by atoms with Gasteiger partial charge < -0.3 is 5.73 Å². The van der Waals surface area contributed by atoms with Gasteiger partial charge in [0.25, 0.3) is 0 Å². The Balaban J connectivity index is 2.02. The highest BCUT2D eigenvalue weighted by Crippen LogP contribution is 2.34. The molecule has 1 aliphatic carbocycles. The molecule has 130 valence electrons. The first-order valence-electron chi connectivity index (χ1n) is 9.39. The fourth-order valence-corrected chi connectivity index (χ4v) is 3.57. The van der Waals surface area contributed by atoms with Gasteiger partial charge in [0.2, 0.25) is 0 Å². The van der Waals surface area contributed by atoms with Crippen LogP contribution in [0.25, 0.3) is 5.57 Å². The minimum atomic E-state index is 0.203. The van der Waals surface area contributed by atoms with Crippen molar-refractivity contribution in [2.24, 2.45) is 5.73 Å². The van der Waals surface area contributed by atoms with Gasteiger partial charge in [-0.05, 0) is 66.1 Å². The summed E-state index contributed by atoms with van der Waals surface area (Å²) >= 11 is 0. The Morgan fingerprint density at radius 2 is 1.84 bits per heavy atom. The summed E-state index contributed by atoms with van der Waals surface area (Å²) in [7, 11) is 0. The molecular weight excluding hydrogens is 306 g/mol. The third-order valence-corrected chi connectivity index (χ3v) is 4.93. The standard InChI is InChI=1S/C23H27NO/c1-2-3-8-22-20-9-5-4-7-17(20)11-12-18-16-19(13-14-21(18)22)23(25)10-6-15-24/h4-5,7-9,13-14,16H,2-3,6,10-12,15,24H2,1H3/b22-8+. The van der Waals surface area contributed by atoms with Crippen molar-refractivity contribution < 1.29 is 4.79 Å². The van der Waals surface area contributed by atoms with Crippen LogP contribution in [0.5, 0.6) is 0 Å². The number of aryl methyl sites for hydroxylation is 2. The lowest BCUT2D eigenvalue weighted by Gasteiger charge is -2.13. The fraction of sp³-hybridized carbons (Fsp3) is 0.348. The molecule has 0 fully saturated rings. The predicted octanol–water partition coefficient (Wildman–Crippen LogP) is 4.94. The normalized spacial score (nSPS) is 14.7. The van der Waals surface area contributed by atoms with Crippen molar-refractivity contribution in [3.05, 3.63) is 76.4 Å². The van der Waals surface area contributed by atoms with Crippen molar-refractivity contribution in [3.63, 3.8) is 0 Å². The molecule has 0 unspecified atom stereocenters. The highest BCUT2D eigenvalue weighted by molar-refractivity contribution is 5.97.